The molecule has 1 unspecified atom stereocenters. The van der Waals surface area contributed by atoms with Crippen LogP contribution in [0.15, 0.2) is 30.5 Å². The highest BCUT2D eigenvalue weighted by Gasteiger charge is 2.23. The zero-order chi connectivity index (χ0) is 19.3. The molecule has 8 heteroatoms. The van der Waals surface area contributed by atoms with E-state index in [1.54, 1.807) is 18.3 Å². The Morgan fingerprint density at radius 1 is 1.25 bits per heavy atom. The second-order valence-corrected chi connectivity index (χ2v) is 7.18. The van der Waals surface area contributed by atoms with Crippen LogP contribution < -0.4 is 15.0 Å². The number of hydrogen-bond donors (Lipinski definition) is 1. The van der Waals surface area contributed by atoms with Gasteiger partial charge in [0.2, 0.25) is 5.95 Å². The number of benzene rings is 1. The zero-order valence-corrected chi connectivity index (χ0v) is 16.1. The maximum Gasteiger partial charge on any atom is 0.227 e. The molecule has 3 heterocycles. The SMILES string of the molecule is COc1ccc(CN2CCC(Nc3ccnc(N4CCOCC4)n3)C2)cc1F. The molecule has 2 fully saturated rings. The minimum absolute atomic E-state index is 0.282. The van der Waals surface area contributed by atoms with E-state index in [0.29, 0.717) is 19.3 Å². The summed E-state index contributed by atoms with van der Waals surface area (Å²) < 4.78 is 24.3. The highest BCUT2D eigenvalue weighted by atomic mass is 19.1. The lowest BCUT2D eigenvalue weighted by Crippen LogP contribution is -2.37. The fraction of sp³-hybridized carbons (Fsp3) is 0.500. The van der Waals surface area contributed by atoms with Gasteiger partial charge in [0.25, 0.3) is 0 Å². The number of likely N-dealkylation sites (tertiary alicyclic amines) is 1. The molecule has 2 saturated heterocycles. The molecule has 0 aliphatic carbocycles. The summed E-state index contributed by atoms with van der Waals surface area (Å²) in [6.45, 7) is 5.65. The zero-order valence-electron chi connectivity index (χ0n) is 16.1. The number of hydrogen-bond acceptors (Lipinski definition) is 7. The van der Waals surface area contributed by atoms with Crippen LogP contribution >= 0.6 is 0 Å². The number of methoxy groups -OCH3 is 1. The number of nitrogens with zero attached hydrogens (tertiary/aromatic N) is 4. The van der Waals surface area contributed by atoms with E-state index in [1.165, 1.54) is 7.11 Å². The first-order valence-electron chi connectivity index (χ1n) is 9.68. The molecule has 1 aromatic heterocycles. The van der Waals surface area contributed by atoms with Crippen molar-refractivity contribution in [2.75, 3.05) is 56.7 Å². The Morgan fingerprint density at radius 2 is 2.11 bits per heavy atom. The molecule has 0 radical (unpaired) electrons. The van der Waals surface area contributed by atoms with E-state index in [9.17, 15) is 4.39 Å². The van der Waals surface area contributed by atoms with Crippen molar-refractivity contribution in [1.29, 1.82) is 0 Å². The van der Waals surface area contributed by atoms with Gasteiger partial charge in [0, 0.05) is 45.0 Å². The van der Waals surface area contributed by atoms with E-state index in [-0.39, 0.29) is 11.6 Å². The molecule has 7 nitrogen and oxygen atoms in total. The van der Waals surface area contributed by atoms with Gasteiger partial charge in [-0.15, -0.1) is 0 Å². The summed E-state index contributed by atoms with van der Waals surface area (Å²) in [6.07, 6.45) is 2.82. The maximum atomic E-state index is 13.9. The minimum atomic E-state index is -0.314. The normalized spacial score (nSPS) is 20.4. The van der Waals surface area contributed by atoms with Crippen molar-refractivity contribution in [3.05, 3.63) is 41.8 Å². The predicted octanol–water partition coefficient (Wildman–Crippen LogP) is 2.15. The highest BCUT2D eigenvalue weighted by molar-refractivity contribution is 5.42. The second kappa shape index (κ2) is 8.70. The first-order chi connectivity index (χ1) is 13.7. The number of rotatable bonds is 6. The van der Waals surface area contributed by atoms with Crippen LogP contribution in [0.1, 0.15) is 12.0 Å². The van der Waals surface area contributed by atoms with E-state index >= 15 is 0 Å². The lowest BCUT2D eigenvalue weighted by Gasteiger charge is -2.27. The quantitative estimate of drug-likeness (QED) is 0.815. The monoisotopic (exact) mass is 387 g/mol. The van der Waals surface area contributed by atoms with Gasteiger partial charge in [0.15, 0.2) is 11.6 Å². The Hall–Kier alpha value is -2.45. The molecule has 1 atom stereocenters. The smallest absolute Gasteiger partial charge is 0.227 e. The Labute approximate surface area is 164 Å². The van der Waals surface area contributed by atoms with E-state index in [2.05, 4.69) is 25.1 Å². The molecule has 1 aromatic carbocycles. The number of aromatic nitrogens is 2. The van der Waals surface area contributed by atoms with Crippen molar-refractivity contribution in [2.45, 2.75) is 19.0 Å². The number of ether oxygens (including phenoxy) is 2. The van der Waals surface area contributed by atoms with Crippen molar-refractivity contribution in [2.24, 2.45) is 0 Å². The highest BCUT2D eigenvalue weighted by Crippen LogP contribution is 2.22. The predicted molar refractivity (Wildman–Crippen MR) is 105 cm³/mol. The van der Waals surface area contributed by atoms with Crippen molar-refractivity contribution >= 4 is 11.8 Å². The van der Waals surface area contributed by atoms with Gasteiger partial charge >= 0.3 is 0 Å². The van der Waals surface area contributed by atoms with Crippen molar-refractivity contribution in [3.8, 4) is 5.75 Å². The molecule has 0 spiro atoms. The average Bonchev–Trinajstić information content (AvgIpc) is 3.16. The maximum absolute atomic E-state index is 13.9. The second-order valence-electron chi connectivity index (χ2n) is 7.18. The summed E-state index contributed by atoms with van der Waals surface area (Å²) >= 11 is 0. The largest absolute Gasteiger partial charge is 0.494 e. The molecule has 2 aliphatic heterocycles. The fourth-order valence-corrected chi connectivity index (χ4v) is 3.71. The third kappa shape index (κ3) is 4.51. The van der Waals surface area contributed by atoms with Crippen LogP contribution in [0.3, 0.4) is 0 Å². The minimum Gasteiger partial charge on any atom is -0.494 e. The average molecular weight is 387 g/mol. The fourth-order valence-electron chi connectivity index (χ4n) is 3.71. The topological polar surface area (TPSA) is 62.8 Å². The first kappa shape index (κ1) is 18.9. The Morgan fingerprint density at radius 3 is 2.89 bits per heavy atom. The van der Waals surface area contributed by atoms with E-state index in [1.807, 2.05) is 12.1 Å². The number of morpholine rings is 1. The lowest BCUT2D eigenvalue weighted by molar-refractivity contribution is 0.122. The summed E-state index contributed by atoms with van der Waals surface area (Å²) in [5.74, 6) is 1.56. The van der Waals surface area contributed by atoms with Gasteiger partial charge in [-0.05, 0) is 30.2 Å². The number of nitrogens with one attached hydrogen (secondary N) is 1. The molecule has 28 heavy (non-hydrogen) atoms. The first-order valence-corrected chi connectivity index (χ1v) is 9.68. The molecule has 150 valence electrons. The number of anilines is 2. The third-order valence-corrected chi connectivity index (χ3v) is 5.18. The standard InChI is InChI=1S/C20H26FN5O2/c1-27-18-3-2-15(12-17(18)21)13-25-7-5-16(14-25)23-19-4-6-22-20(24-19)26-8-10-28-11-9-26/h2-4,6,12,16H,5,7-11,13-14H2,1H3,(H,22,23,24). The molecule has 0 amide bonds. The van der Waals surface area contributed by atoms with Crippen molar-refractivity contribution in [1.82, 2.24) is 14.9 Å². The summed E-state index contributed by atoms with van der Waals surface area (Å²) in [6, 6.07) is 7.38. The molecule has 2 aliphatic rings. The molecule has 4 rings (SSSR count). The van der Waals surface area contributed by atoms with Gasteiger partial charge in [0.1, 0.15) is 5.82 Å². The molecule has 1 N–H and O–H groups in total. The van der Waals surface area contributed by atoms with Gasteiger partial charge in [0.05, 0.1) is 20.3 Å². The summed E-state index contributed by atoms with van der Waals surface area (Å²) in [7, 11) is 1.48. The van der Waals surface area contributed by atoms with Crippen LogP contribution in [0.2, 0.25) is 0 Å². The Bertz CT molecular complexity index is 800. The van der Waals surface area contributed by atoms with Crippen LogP contribution in [0.4, 0.5) is 16.2 Å². The van der Waals surface area contributed by atoms with Gasteiger partial charge in [-0.3, -0.25) is 4.90 Å². The van der Waals surface area contributed by atoms with Crippen LogP contribution in [0.25, 0.3) is 0 Å². The summed E-state index contributed by atoms with van der Waals surface area (Å²) in [5.41, 5.74) is 0.954. The van der Waals surface area contributed by atoms with Crippen LogP contribution in [-0.2, 0) is 11.3 Å². The molecule has 0 bridgehead atoms. The lowest BCUT2D eigenvalue weighted by atomic mass is 10.2. The molecular weight excluding hydrogens is 361 g/mol. The summed E-state index contributed by atoms with van der Waals surface area (Å²) in [4.78, 5) is 13.5. The van der Waals surface area contributed by atoms with Crippen molar-refractivity contribution in [3.63, 3.8) is 0 Å². The van der Waals surface area contributed by atoms with E-state index in [0.717, 1.165) is 56.5 Å². The molecule has 0 saturated carbocycles. The van der Waals surface area contributed by atoms with Gasteiger partial charge in [-0.1, -0.05) is 6.07 Å². The van der Waals surface area contributed by atoms with Crippen LogP contribution in [-0.4, -0.2) is 67.4 Å². The Balaban J connectivity index is 1.33. The molecular formula is C20H26FN5O2. The van der Waals surface area contributed by atoms with Crippen LogP contribution in [0.5, 0.6) is 5.75 Å². The van der Waals surface area contributed by atoms with Crippen molar-refractivity contribution < 1.29 is 13.9 Å². The number of halogens is 1. The third-order valence-electron chi connectivity index (χ3n) is 5.18. The Kier molecular flexibility index (Phi) is 5.87. The van der Waals surface area contributed by atoms with Crippen LogP contribution in [0, 0.1) is 5.82 Å². The van der Waals surface area contributed by atoms with Gasteiger partial charge < -0.3 is 19.7 Å². The van der Waals surface area contributed by atoms with E-state index < -0.39 is 0 Å². The van der Waals surface area contributed by atoms with E-state index in [4.69, 9.17) is 9.47 Å². The van der Waals surface area contributed by atoms with Gasteiger partial charge in [-0.2, -0.15) is 4.98 Å². The van der Waals surface area contributed by atoms with Gasteiger partial charge in [-0.25, -0.2) is 9.37 Å². The summed E-state index contributed by atoms with van der Waals surface area (Å²) in [5, 5.41) is 3.52. The molecule has 2 aromatic rings.